The van der Waals surface area contributed by atoms with Crippen LogP contribution in [0.3, 0.4) is 0 Å². The Balaban J connectivity index is 1.46. The molecule has 5 amide bonds. The second-order valence-electron chi connectivity index (χ2n) is 7.51. The van der Waals surface area contributed by atoms with E-state index in [1.165, 1.54) is 11.0 Å². The number of hydrogen-bond acceptors (Lipinski definition) is 6. The van der Waals surface area contributed by atoms with Gasteiger partial charge in [0, 0.05) is 34.6 Å². The van der Waals surface area contributed by atoms with Crippen molar-refractivity contribution in [3.05, 3.63) is 64.7 Å². The molecule has 0 saturated carbocycles. The van der Waals surface area contributed by atoms with Gasteiger partial charge in [0.2, 0.25) is 11.8 Å². The summed E-state index contributed by atoms with van der Waals surface area (Å²) in [7, 11) is 0. The summed E-state index contributed by atoms with van der Waals surface area (Å²) in [4.78, 5) is 63.9. The molecule has 4 rings (SSSR count). The van der Waals surface area contributed by atoms with Crippen molar-refractivity contribution in [1.29, 1.82) is 0 Å². The maximum absolute atomic E-state index is 12.9. The van der Waals surface area contributed by atoms with E-state index >= 15 is 0 Å². The Labute approximate surface area is 188 Å². The van der Waals surface area contributed by atoms with Gasteiger partial charge in [-0.15, -0.1) is 11.8 Å². The summed E-state index contributed by atoms with van der Waals surface area (Å²) in [6.45, 7) is 2.26. The molecule has 1 atom stereocenters. The van der Waals surface area contributed by atoms with Gasteiger partial charge in [-0.3, -0.25) is 34.6 Å². The van der Waals surface area contributed by atoms with E-state index in [2.05, 4.69) is 10.6 Å². The molecule has 0 radical (unpaired) electrons. The fourth-order valence-electron chi connectivity index (χ4n) is 3.81. The van der Waals surface area contributed by atoms with Crippen molar-refractivity contribution in [1.82, 2.24) is 15.5 Å². The van der Waals surface area contributed by atoms with E-state index in [0.717, 1.165) is 10.6 Å². The summed E-state index contributed by atoms with van der Waals surface area (Å²) in [5.74, 6) is -1.44. The lowest BCUT2D eigenvalue weighted by atomic mass is 10.0. The SMILES string of the molecule is CCSc1ccc(C(=O)NC(=O)c2ccc3c(c2)C(=O)N(C2CCC(=O)NC2=O)C3)cc1. The Kier molecular flexibility index (Phi) is 6.09. The standard InChI is InChI=1S/C23H21N3O5S/c1-2-32-16-7-5-13(6-8-16)20(28)25-21(29)14-3-4-15-12-26(23(31)17(15)11-14)18-9-10-19(27)24-22(18)30/h3-8,11,18H,2,9-10,12H2,1H3,(H,24,27,30)(H,25,28,29). The number of benzene rings is 2. The Morgan fingerprint density at radius 1 is 1.06 bits per heavy atom. The zero-order valence-electron chi connectivity index (χ0n) is 17.3. The summed E-state index contributed by atoms with van der Waals surface area (Å²) in [5.41, 5.74) is 1.54. The second-order valence-corrected chi connectivity index (χ2v) is 8.85. The van der Waals surface area contributed by atoms with Crippen LogP contribution in [0.25, 0.3) is 0 Å². The molecular weight excluding hydrogens is 430 g/mol. The van der Waals surface area contributed by atoms with E-state index in [4.69, 9.17) is 0 Å². The normalized spacial score (nSPS) is 17.7. The van der Waals surface area contributed by atoms with Crippen LogP contribution in [0, 0.1) is 0 Å². The topological polar surface area (TPSA) is 113 Å². The summed E-state index contributed by atoms with van der Waals surface area (Å²) in [6, 6.07) is 10.9. The number of rotatable bonds is 5. The smallest absolute Gasteiger partial charge is 0.258 e. The Morgan fingerprint density at radius 3 is 2.44 bits per heavy atom. The molecule has 1 unspecified atom stereocenters. The molecule has 0 bridgehead atoms. The molecule has 2 N–H and O–H groups in total. The first-order chi connectivity index (χ1) is 15.4. The van der Waals surface area contributed by atoms with E-state index in [9.17, 15) is 24.0 Å². The third-order valence-corrected chi connectivity index (χ3v) is 6.34. The Hall–Kier alpha value is -3.46. The molecule has 2 heterocycles. The molecule has 0 spiro atoms. The number of hydrogen-bond donors (Lipinski definition) is 2. The molecule has 9 heteroatoms. The van der Waals surface area contributed by atoms with Crippen LogP contribution in [0.5, 0.6) is 0 Å². The Bertz CT molecular complexity index is 1130. The lowest BCUT2D eigenvalue weighted by Gasteiger charge is -2.29. The van der Waals surface area contributed by atoms with Crippen LogP contribution in [-0.2, 0) is 16.1 Å². The molecule has 2 aliphatic rings. The number of imide groups is 2. The summed E-state index contributed by atoms with van der Waals surface area (Å²) < 4.78 is 0. The van der Waals surface area contributed by atoms with Gasteiger partial charge in [-0.2, -0.15) is 0 Å². The molecule has 0 aliphatic carbocycles. The van der Waals surface area contributed by atoms with Crippen LogP contribution < -0.4 is 10.6 Å². The first-order valence-electron chi connectivity index (χ1n) is 10.2. The highest BCUT2D eigenvalue weighted by Gasteiger charge is 2.39. The van der Waals surface area contributed by atoms with E-state index < -0.39 is 23.8 Å². The highest BCUT2D eigenvalue weighted by molar-refractivity contribution is 7.99. The minimum Gasteiger partial charge on any atom is -0.322 e. The molecule has 0 aromatic heterocycles. The van der Waals surface area contributed by atoms with Crippen LogP contribution in [-0.4, -0.2) is 46.2 Å². The number of nitrogens with zero attached hydrogens (tertiary/aromatic N) is 1. The van der Waals surface area contributed by atoms with Crippen molar-refractivity contribution in [2.24, 2.45) is 0 Å². The maximum atomic E-state index is 12.9. The highest BCUT2D eigenvalue weighted by Crippen LogP contribution is 2.28. The van der Waals surface area contributed by atoms with Gasteiger partial charge >= 0.3 is 0 Å². The zero-order valence-corrected chi connectivity index (χ0v) is 18.2. The molecule has 2 aromatic carbocycles. The number of thioether (sulfide) groups is 1. The van der Waals surface area contributed by atoms with Crippen LogP contribution in [0.4, 0.5) is 0 Å². The van der Waals surface area contributed by atoms with Crippen LogP contribution >= 0.6 is 11.8 Å². The van der Waals surface area contributed by atoms with E-state index in [1.54, 1.807) is 36.0 Å². The number of nitrogens with one attached hydrogen (secondary N) is 2. The summed E-state index contributed by atoms with van der Waals surface area (Å²) in [5, 5.41) is 4.60. The van der Waals surface area contributed by atoms with Gasteiger partial charge < -0.3 is 4.90 Å². The van der Waals surface area contributed by atoms with Crippen molar-refractivity contribution >= 4 is 41.3 Å². The lowest BCUT2D eigenvalue weighted by Crippen LogP contribution is -2.52. The molecule has 2 aliphatic heterocycles. The molecule has 8 nitrogen and oxygen atoms in total. The van der Waals surface area contributed by atoms with Gasteiger partial charge in [-0.05, 0) is 54.1 Å². The third kappa shape index (κ3) is 4.29. The molecule has 32 heavy (non-hydrogen) atoms. The van der Waals surface area contributed by atoms with Gasteiger partial charge in [0.05, 0.1) is 0 Å². The van der Waals surface area contributed by atoms with Crippen LogP contribution in [0.2, 0.25) is 0 Å². The van der Waals surface area contributed by atoms with Crippen molar-refractivity contribution in [3.8, 4) is 0 Å². The minimum absolute atomic E-state index is 0.171. The van der Waals surface area contributed by atoms with E-state index in [1.807, 2.05) is 19.1 Å². The molecule has 164 valence electrons. The van der Waals surface area contributed by atoms with Gasteiger partial charge in [-0.1, -0.05) is 13.0 Å². The largest absolute Gasteiger partial charge is 0.322 e. The van der Waals surface area contributed by atoms with Crippen LogP contribution in [0.1, 0.15) is 56.4 Å². The van der Waals surface area contributed by atoms with Gasteiger partial charge in [0.25, 0.3) is 17.7 Å². The third-order valence-electron chi connectivity index (χ3n) is 5.44. The van der Waals surface area contributed by atoms with Crippen molar-refractivity contribution in [3.63, 3.8) is 0 Å². The fraction of sp³-hybridized carbons (Fsp3) is 0.261. The first kappa shape index (κ1) is 21.8. The average molecular weight is 452 g/mol. The summed E-state index contributed by atoms with van der Waals surface area (Å²) >= 11 is 1.65. The molecular formula is C23H21N3O5S. The van der Waals surface area contributed by atoms with Crippen molar-refractivity contribution < 1.29 is 24.0 Å². The minimum atomic E-state index is -0.722. The van der Waals surface area contributed by atoms with Crippen molar-refractivity contribution in [2.45, 2.75) is 37.2 Å². The molecule has 1 saturated heterocycles. The zero-order chi connectivity index (χ0) is 22.8. The monoisotopic (exact) mass is 451 g/mol. The quantitative estimate of drug-likeness (QED) is 0.532. The van der Waals surface area contributed by atoms with E-state index in [0.29, 0.717) is 16.7 Å². The fourth-order valence-corrected chi connectivity index (χ4v) is 4.47. The number of piperidine rings is 1. The number of fused-ring (bicyclic) bond motifs is 1. The van der Waals surface area contributed by atoms with E-state index in [-0.39, 0.29) is 36.8 Å². The highest BCUT2D eigenvalue weighted by atomic mass is 32.2. The lowest BCUT2D eigenvalue weighted by molar-refractivity contribution is -0.136. The number of amides is 5. The first-order valence-corrected chi connectivity index (χ1v) is 11.2. The number of carbonyl (C=O) groups is 5. The predicted octanol–water partition coefficient (Wildman–Crippen LogP) is 2.13. The van der Waals surface area contributed by atoms with Gasteiger partial charge in [-0.25, -0.2) is 0 Å². The predicted molar refractivity (Wildman–Crippen MR) is 117 cm³/mol. The molecule has 1 fully saturated rings. The maximum Gasteiger partial charge on any atom is 0.258 e. The number of carbonyl (C=O) groups excluding carboxylic acids is 5. The van der Waals surface area contributed by atoms with Gasteiger partial charge in [0.1, 0.15) is 6.04 Å². The molecule has 2 aromatic rings. The average Bonchev–Trinajstić information content (AvgIpc) is 3.10. The Morgan fingerprint density at radius 2 is 1.75 bits per heavy atom. The van der Waals surface area contributed by atoms with Gasteiger partial charge in [0.15, 0.2) is 0 Å². The van der Waals surface area contributed by atoms with Crippen LogP contribution in [0.15, 0.2) is 47.4 Å². The van der Waals surface area contributed by atoms with Crippen molar-refractivity contribution in [2.75, 3.05) is 5.75 Å². The summed E-state index contributed by atoms with van der Waals surface area (Å²) in [6.07, 6.45) is 0.437. The second kappa shape index (κ2) is 8.96.